The highest BCUT2D eigenvalue weighted by Crippen LogP contribution is 2.43. The van der Waals surface area contributed by atoms with E-state index in [1.807, 2.05) is 38.1 Å². The number of likely N-dealkylation sites (tertiary alicyclic amines) is 1. The maximum absolute atomic E-state index is 13.4. The summed E-state index contributed by atoms with van der Waals surface area (Å²) in [4.78, 5) is 28.2. The van der Waals surface area contributed by atoms with Gasteiger partial charge in [0.2, 0.25) is 0 Å². The predicted molar refractivity (Wildman–Crippen MR) is 148 cm³/mol. The SMILES string of the molecule is CCCCCOc1ccc([C@H]2/C(=C(\O)c3ccc4c(c3)C[C@H](C)O4)C(=O)C(=O)N2CCCOC)cc1OCC. The predicted octanol–water partition coefficient (Wildman–Crippen LogP) is 5.44. The molecule has 1 saturated heterocycles. The first-order valence-corrected chi connectivity index (χ1v) is 13.9. The average molecular weight is 538 g/mol. The fourth-order valence-electron chi connectivity index (χ4n) is 5.18. The highest BCUT2D eigenvalue weighted by molar-refractivity contribution is 6.46. The maximum atomic E-state index is 13.4. The number of amides is 1. The zero-order valence-corrected chi connectivity index (χ0v) is 23.3. The molecule has 1 N–H and O–H groups in total. The summed E-state index contributed by atoms with van der Waals surface area (Å²) in [6.45, 7) is 7.76. The molecular weight excluding hydrogens is 498 g/mol. The van der Waals surface area contributed by atoms with Gasteiger partial charge in [-0.25, -0.2) is 0 Å². The van der Waals surface area contributed by atoms with E-state index in [2.05, 4.69) is 6.92 Å². The molecule has 0 spiro atoms. The van der Waals surface area contributed by atoms with E-state index in [9.17, 15) is 14.7 Å². The lowest BCUT2D eigenvalue weighted by Crippen LogP contribution is -2.31. The molecule has 0 aromatic heterocycles. The maximum Gasteiger partial charge on any atom is 0.295 e. The van der Waals surface area contributed by atoms with Crippen LogP contribution in [0.2, 0.25) is 0 Å². The monoisotopic (exact) mass is 537 g/mol. The number of aliphatic hydroxyl groups excluding tert-OH is 1. The summed E-state index contributed by atoms with van der Waals surface area (Å²) in [5.41, 5.74) is 2.16. The van der Waals surface area contributed by atoms with Gasteiger partial charge in [0.15, 0.2) is 11.5 Å². The van der Waals surface area contributed by atoms with Crippen LogP contribution in [0, 0.1) is 0 Å². The van der Waals surface area contributed by atoms with Crippen LogP contribution in [0.5, 0.6) is 17.2 Å². The first-order valence-electron chi connectivity index (χ1n) is 13.9. The van der Waals surface area contributed by atoms with Crippen LogP contribution >= 0.6 is 0 Å². The molecule has 1 amide bonds. The van der Waals surface area contributed by atoms with Crippen molar-refractivity contribution in [3.05, 3.63) is 58.7 Å². The van der Waals surface area contributed by atoms with Crippen molar-refractivity contribution >= 4 is 17.4 Å². The molecule has 0 saturated carbocycles. The molecule has 2 aromatic rings. The molecule has 2 heterocycles. The Morgan fingerprint density at radius 2 is 1.85 bits per heavy atom. The van der Waals surface area contributed by atoms with Crippen molar-refractivity contribution in [2.45, 2.75) is 65.0 Å². The summed E-state index contributed by atoms with van der Waals surface area (Å²) in [7, 11) is 1.59. The molecule has 8 nitrogen and oxygen atoms in total. The Kier molecular flexibility index (Phi) is 9.51. The van der Waals surface area contributed by atoms with Crippen molar-refractivity contribution < 1.29 is 33.6 Å². The van der Waals surface area contributed by atoms with Gasteiger partial charge in [0.05, 0.1) is 24.8 Å². The van der Waals surface area contributed by atoms with Crippen molar-refractivity contribution in [3.63, 3.8) is 0 Å². The number of benzene rings is 2. The van der Waals surface area contributed by atoms with Gasteiger partial charge in [-0.3, -0.25) is 9.59 Å². The number of ketones is 1. The van der Waals surface area contributed by atoms with Gasteiger partial charge in [0.1, 0.15) is 17.6 Å². The number of hydrogen-bond donors (Lipinski definition) is 1. The molecule has 8 heteroatoms. The Morgan fingerprint density at radius 3 is 2.59 bits per heavy atom. The number of carbonyl (C=O) groups is 2. The standard InChI is InChI=1S/C31H39NO7/c1-5-7-8-16-38-25-13-10-21(19-26(25)37-6-2)28-27(30(34)31(35)32(28)14-9-15-36-4)29(33)22-11-12-24-23(18-22)17-20(3)39-24/h10-13,18-20,28,33H,5-9,14-17H2,1-4H3/b29-27+/t20-,28-/m0/s1. The zero-order valence-electron chi connectivity index (χ0n) is 23.3. The van der Waals surface area contributed by atoms with Gasteiger partial charge in [0.25, 0.3) is 11.7 Å². The van der Waals surface area contributed by atoms with Gasteiger partial charge in [-0.15, -0.1) is 0 Å². The smallest absolute Gasteiger partial charge is 0.295 e. The molecule has 0 radical (unpaired) electrons. The summed E-state index contributed by atoms with van der Waals surface area (Å²) < 4.78 is 22.9. The normalized spacial score (nSPS) is 19.7. The number of ether oxygens (including phenoxy) is 4. The molecule has 2 aliphatic heterocycles. The van der Waals surface area contributed by atoms with Crippen LogP contribution in [0.3, 0.4) is 0 Å². The van der Waals surface area contributed by atoms with E-state index in [0.29, 0.717) is 61.8 Å². The number of rotatable bonds is 13. The Bertz CT molecular complexity index is 1220. The molecule has 210 valence electrons. The third-order valence-electron chi connectivity index (χ3n) is 7.05. The van der Waals surface area contributed by atoms with E-state index in [0.717, 1.165) is 30.6 Å². The summed E-state index contributed by atoms with van der Waals surface area (Å²) in [5.74, 6) is 0.365. The van der Waals surface area contributed by atoms with Gasteiger partial charge in [-0.1, -0.05) is 25.8 Å². The summed E-state index contributed by atoms with van der Waals surface area (Å²) >= 11 is 0. The van der Waals surface area contributed by atoms with Crippen LogP contribution in [0.25, 0.3) is 5.76 Å². The number of fused-ring (bicyclic) bond motifs is 1. The van der Waals surface area contributed by atoms with E-state index < -0.39 is 17.7 Å². The van der Waals surface area contributed by atoms with Crippen LogP contribution in [-0.2, 0) is 20.7 Å². The van der Waals surface area contributed by atoms with Gasteiger partial charge in [0, 0.05) is 32.2 Å². The fourth-order valence-corrected chi connectivity index (χ4v) is 5.18. The number of nitrogens with zero attached hydrogens (tertiary/aromatic N) is 1. The molecule has 0 aliphatic carbocycles. The highest BCUT2D eigenvalue weighted by Gasteiger charge is 2.46. The van der Waals surface area contributed by atoms with Crippen molar-refractivity contribution in [2.24, 2.45) is 0 Å². The number of hydrogen-bond acceptors (Lipinski definition) is 7. The molecule has 4 rings (SSSR count). The van der Waals surface area contributed by atoms with E-state index >= 15 is 0 Å². The number of methoxy groups -OCH3 is 1. The fraction of sp³-hybridized carbons (Fsp3) is 0.484. The summed E-state index contributed by atoms with van der Waals surface area (Å²) in [6, 6.07) is 10.0. The first-order chi connectivity index (χ1) is 18.9. The largest absolute Gasteiger partial charge is 0.507 e. The van der Waals surface area contributed by atoms with E-state index in [1.54, 1.807) is 19.2 Å². The van der Waals surface area contributed by atoms with Crippen LogP contribution in [0.15, 0.2) is 42.0 Å². The molecule has 0 bridgehead atoms. The Labute approximate surface area is 230 Å². The quantitative estimate of drug-likeness (QED) is 0.157. The third kappa shape index (κ3) is 6.22. The lowest BCUT2D eigenvalue weighted by Gasteiger charge is -2.26. The second-order valence-electron chi connectivity index (χ2n) is 9.99. The summed E-state index contributed by atoms with van der Waals surface area (Å²) in [6.07, 6.45) is 4.41. The second-order valence-corrected chi connectivity index (χ2v) is 9.99. The molecular formula is C31H39NO7. The van der Waals surface area contributed by atoms with E-state index in [4.69, 9.17) is 18.9 Å². The van der Waals surface area contributed by atoms with Crippen LogP contribution in [0.4, 0.5) is 0 Å². The zero-order chi connectivity index (χ0) is 27.9. The van der Waals surface area contributed by atoms with E-state index in [1.165, 1.54) is 4.90 Å². The molecule has 0 unspecified atom stereocenters. The van der Waals surface area contributed by atoms with Crippen LogP contribution in [0.1, 0.15) is 69.2 Å². The number of unbranched alkanes of at least 4 members (excludes halogenated alkanes) is 2. The van der Waals surface area contributed by atoms with Gasteiger partial charge in [-0.05, 0) is 68.1 Å². The van der Waals surface area contributed by atoms with Crippen molar-refractivity contribution in [1.29, 1.82) is 0 Å². The van der Waals surface area contributed by atoms with Gasteiger partial charge >= 0.3 is 0 Å². The lowest BCUT2D eigenvalue weighted by molar-refractivity contribution is -0.140. The number of aliphatic hydroxyl groups is 1. The second kappa shape index (κ2) is 13.0. The molecule has 39 heavy (non-hydrogen) atoms. The van der Waals surface area contributed by atoms with Gasteiger partial charge in [-0.2, -0.15) is 0 Å². The minimum Gasteiger partial charge on any atom is -0.507 e. The number of Topliss-reactive ketones (excluding diaryl/α,β-unsaturated/α-hetero) is 1. The summed E-state index contributed by atoms with van der Waals surface area (Å²) in [5, 5.41) is 11.5. The minimum absolute atomic E-state index is 0.0449. The topological polar surface area (TPSA) is 94.5 Å². The number of carbonyl (C=O) groups excluding carboxylic acids is 2. The molecule has 2 aliphatic rings. The average Bonchev–Trinajstić information content (AvgIpc) is 3.42. The first kappa shape index (κ1) is 28.5. The Balaban J connectivity index is 1.76. The van der Waals surface area contributed by atoms with Crippen molar-refractivity contribution in [3.8, 4) is 17.2 Å². The third-order valence-corrected chi connectivity index (χ3v) is 7.05. The molecule has 1 fully saturated rings. The van der Waals surface area contributed by atoms with E-state index in [-0.39, 0.29) is 17.4 Å². The van der Waals surface area contributed by atoms with Crippen molar-refractivity contribution in [2.75, 3.05) is 33.5 Å². The molecule has 2 atom stereocenters. The van der Waals surface area contributed by atoms with Crippen LogP contribution < -0.4 is 14.2 Å². The van der Waals surface area contributed by atoms with Crippen molar-refractivity contribution in [1.82, 2.24) is 4.90 Å². The molecule has 2 aromatic carbocycles. The minimum atomic E-state index is -0.779. The van der Waals surface area contributed by atoms with Gasteiger partial charge < -0.3 is 29.0 Å². The Hall–Kier alpha value is -3.52. The lowest BCUT2D eigenvalue weighted by atomic mass is 9.94. The Morgan fingerprint density at radius 1 is 1.03 bits per heavy atom. The highest BCUT2D eigenvalue weighted by atomic mass is 16.5. The van der Waals surface area contributed by atoms with Crippen LogP contribution in [-0.4, -0.2) is 61.3 Å².